The van der Waals surface area contributed by atoms with Crippen LogP contribution in [-0.2, 0) is 5.66 Å². The molecule has 1 aliphatic heterocycles. The zero-order chi connectivity index (χ0) is 16.8. The molecular weight excluding hydrogens is 363 g/mol. The summed E-state index contributed by atoms with van der Waals surface area (Å²) in [6, 6.07) is 12.4. The Bertz CT molecular complexity index is 761. The number of halogens is 2. The fraction of sp³-hybridized carbons (Fsp3) is 0.235. The molecule has 0 spiro atoms. The third-order valence-corrected chi connectivity index (χ3v) is 4.88. The van der Waals surface area contributed by atoms with Gasteiger partial charge in [-0.25, -0.2) is 4.39 Å². The lowest BCUT2D eigenvalue weighted by molar-refractivity contribution is -0.595. The van der Waals surface area contributed by atoms with E-state index < -0.39 is 11.7 Å². The zero-order valence-electron chi connectivity index (χ0n) is 12.7. The number of hydrogen-bond donors (Lipinski definition) is 1. The van der Waals surface area contributed by atoms with Crippen molar-refractivity contribution in [1.29, 1.82) is 0 Å². The van der Waals surface area contributed by atoms with Crippen LogP contribution in [0.4, 0.5) is 4.39 Å². The van der Waals surface area contributed by atoms with E-state index in [9.17, 15) is 14.8 Å². The largest absolute Gasteiger partial charge is 0.622 e. The quantitative estimate of drug-likeness (QED) is 0.637. The summed E-state index contributed by atoms with van der Waals surface area (Å²) >= 11 is 3.36. The first-order valence-corrected chi connectivity index (χ1v) is 7.99. The lowest BCUT2D eigenvalue weighted by atomic mass is 10.0. The molecule has 1 aliphatic rings. The number of rotatable bonds is 2. The Morgan fingerprint density at radius 1 is 1.17 bits per heavy atom. The molecule has 2 aromatic carbocycles. The molecule has 1 N–H and O–H groups in total. The van der Waals surface area contributed by atoms with Crippen LogP contribution in [0, 0.1) is 11.0 Å². The van der Waals surface area contributed by atoms with Crippen molar-refractivity contribution in [1.82, 2.24) is 5.06 Å². The summed E-state index contributed by atoms with van der Waals surface area (Å²) in [6.45, 7) is 3.41. The smallest absolute Gasteiger partial charge is 0.274 e. The third-order valence-electron chi connectivity index (χ3n) is 4.35. The average Bonchev–Trinajstić information content (AvgIpc) is 2.71. The van der Waals surface area contributed by atoms with Crippen LogP contribution in [0.2, 0.25) is 0 Å². The van der Waals surface area contributed by atoms with Gasteiger partial charge in [0.1, 0.15) is 11.9 Å². The monoisotopic (exact) mass is 378 g/mol. The summed E-state index contributed by atoms with van der Waals surface area (Å²) in [5, 5.41) is 24.6. The van der Waals surface area contributed by atoms with Crippen molar-refractivity contribution >= 4 is 21.6 Å². The first-order valence-electron chi connectivity index (χ1n) is 7.20. The minimum atomic E-state index is -1.25. The molecule has 0 amide bonds. The van der Waals surface area contributed by atoms with Gasteiger partial charge in [-0.2, -0.15) is 4.74 Å². The third kappa shape index (κ3) is 2.47. The van der Waals surface area contributed by atoms with Crippen molar-refractivity contribution in [2.45, 2.75) is 25.6 Å². The van der Waals surface area contributed by atoms with Crippen LogP contribution in [0.1, 0.15) is 25.0 Å². The van der Waals surface area contributed by atoms with E-state index in [-0.39, 0.29) is 5.82 Å². The fourth-order valence-electron chi connectivity index (χ4n) is 2.98. The topological polar surface area (TPSA) is 49.5 Å². The maximum absolute atomic E-state index is 13.1. The minimum Gasteiger partial charge on any atom is -0.622 e. The van der Waals surface area contributed by atoms with Gasteiger partial charge in [0.25, 0.3) is 5.66 Å². The van der Waals surface area contributed by atoms with Gasteiger partial charge in [-0.1, -0.05) is 15.9 Å². The van der Waals surface area contributed by atoms with Crippen LogP contribution >= 0.6 is 15.9 Å². The Labute approximate surface area is 142 Å². The second-order valence-electron chi connectivity index (χ2n) is 5.73. The first-order chi connectivity index (χ1) is 10.9. The summed E-state index contributed by atoms with van der Waals surface area (Å²) in [4.78, 5) is 0. The summed E-state index contributed by atoms with van der Waals surface area (Å²) in [5.41, 5.74) is 0.415. The highest BCUT2D eigenvalue weighted by Crippen LogP contribution is 2.36. The van der Waals surface area contributed by atoms with Gasteiger partial charge in [0.15, 0.2) is 0 Å². The van der Waals surface area contributed by atoms with E-state index in [1.807, 2.05) is 12.1 Å². The van der Waals surface area contributed by atoms with Gasteiger partial charge in [0, 0.05) is 22.5 Å². The fourth-order valence-corrected chi connectivity index (χ4v) is 3.25. The molecule has 0 saturated carbocycles. The van der Waals surface area contributed by atoms with Crippen LogP contribution in [0.25, 0.3) is 0 Å². The SMILES string of the molecule is C[C@@H]1C(c2ccc(F)cc2)=[N+]([O-])[C@](C)(c2ccc(Br)cc2)N1O. The molecule has 0 radical (unpaired) electrons. The minimum absolute atomic E-state index is 0.367. The molecule has 6 heteroatoms. The molecule has 0 unspecified atom stereocenters. The number of hydrogen-bond acceptors (Lipinski definition) is 3. The lowest BCUT2D eigenvalue weighted by Crippen LogP contribution is -2.45. The first kappa shape index (κ1) is 16.1. The molecule has 0 aromatic heterocycles. The molecule has 2 aromatic rings. The molecule has 2 atom stereocenters. The van der Waals surface area contributed by atoms with Crippen molar-refractivity contribution in [2.24, 2.45) is 0 Å². The summed E-state index contributed by atoms with van der Waals surface area (Å²) in [6.07, 6.45) is 0. The Kier molecular flexibility index (Phi) is 4.00. The van der Waals surface area contributed by atoms with Gasteiger partial charge in [-0.05, 0) is 55.5 Å². The van der Waals surface area contributed by atoms with E-state index in [2.05, 4.69) is 15.9 Å². The predicted molar refractivity (Wildman–Crippen MR) is 88.7 cm³/mol. The number of hydroxylamine groups is 3. The Morgan fingerprint density at radius 2 is 1.74 bits per heavy atom. The van der Waals surface area contributed by atoms with Crippen molar-refractivity contribution in [3.63, 3.8) is 0 Å². The standard InChI is InChI=1S/C17H16BrFN2O2/c1-11-16(12-3-9-15(19)10-4-12)21(23)17(2,20(11)22)13-5-7-14(18)8-6-13/h3-11,22H,1-2H3/t11-,17-/m1/s1. The number of nitrogens with zero attached hydrogens (tertiary/aromatic N) is 2. The zero-order valence-corrected chi connectivity index (χ0v) is 14.3. The van der Waals surface area contributed by atoms with Gasteiger partial charge >= 0.3 is 0 Å². The van der Waals surface area contributed by atoms with E-state index >= 15 is 0 Å². The molecule has 0 saturated heterocycles. The Balaban J connectivity index is 2.14. The molecule has 0 bridgehead atoms. The molecular formula is C17H16BrFN2O2. The van der Waals surface area contributed by atoms with Crippen molar-refractivity contribution in [2.75, 3.05) is 0 Å². The highest BCUT2D eigenvalue weighted by atomic mass is 79.9. The lowest BCUT2D eigenvalue weighted by Gasteiger charge is -2.29. The van der Waals surface area contributed by atoms with Gasteiger partial charge in [0.2, 0.25) is 5.71 Å². The molecule has 4 nitrogen and oxygen atoms in total. The highest BCUT2D eigenvalue weighted by Gasteiger charge is 2.54. The molecule has 0 aliphatic carbocycles. The predicted octanol–water partition coefficient (Wildman–Crippen LogP) is 3.85. The maximum Gasteiger partial charge on any atom is 0.274 e. The van der Waals surface area contributed by atoms with Crippen molar-refractivity contribution in [3.05, 3.63) is 75.2 Å². The van der Waals surface area contributed by atoms with Crippen LogP contribution in [0.3, 0.4) is 0 Å². The van der Waals surface area contributed by atoms with Gasteiger partial charge in [0.05, 0.1) is 0 Å². The Morgan fingerprint density at radius 3 is 2.30 bits per heavy atom. The molecule has 23 heavy (non-hydrogen) atoms. The second kappa shape index (κ2) is 5.70. The van der Waals surface area contributed by atoms with Crippen LogP contribution < -0.4 is 0 Å². The van der Waals surface area contributed by atoms with E-state index in [1.165, 1.54) is 12.1 Å². The van der Waals surface area contributed by atoms with Crippen LogP contribution in [-0.4, -0.2) is 26.8 Å². The van der Waals surface area contributed by atoms with E-state index in [0.717, 1.165) is 14.3 Å². The molecule has 120 valence electrons. The Hall–Kier alpha value is -1.76. The molecule has 0 fully saturated rings. The van der Waals surface area contributed by atoms with Gasteiger partial charge < -0.3 is 10.4 Å². The average molecular weight is 379 g/mol. The molecule has 3 rings (SSSR count). The summed E-state index contributed by atoms with van der Waals surface area (Å²) in [7, 11) is 0. The summed E-state index contributed by atoms with van der Waals surface area (Å²) in [5.74, 6) is -0.367. The second-order valence-corrected chi connectivity index (χ2v) is 6.65. The number of benzene rings is 2. The van der Waals surface area contributed by atoms with Crippen LogP contribution in [0.5, 0.6) is 0 Å². The van der Waals surface area contributed by atoms with Crippen molar-refractivity contribution < 1.29 is 14.3 Å². The van der Waals surface area contributed by atoms with Gasteiger partial charge in [-0.3, -0.25) is 0 Å². The van der Waals surface area contributed by atoms with Crippen molar-refractivity contribution in [3.8, 4) is 0 Å². The maximum atomic E-state index is 13.1. The highest BCUT2D eigenvalue weighted by molar-refractivity contribution is 9.10. The summed E-state index contributed by atoms with van der Waals surface area (Å²) < 4.78 is 14.8. The normalized spacial score (nSPS) is 25.2. The molecule has 1 heterocycles. The van der Waals surface area contributed by atoms with Gasteiger partial charge in [-0.15, -0.1) is 5.06 Å². The van der Waals surface area contributed by atoms with E-state index in [0.29, 0.717) is 16.8 Å². The van der Waals surface area contributed by atoms with E-state index in [4.69, 9.17) is 0 Å². The van der Waals surface area contributed by atoms with E-state index in [1.54, 1.807) is 38.1 Å². The van der Waals surface area contributed by atoms with Crippen LogP contribution in [0.15, 0.2) is 53.0 Å².